The smallest absolute Gasteiger partial charge is 0.330 e. The van der Waals surface area contributed by atoms with Crippen LogP contribution in [0.25, 0.3) is 0 Å². The van der Waals surface area contributed by atoms with Crippen molar-refractivity contribution in [1.29, 1.82) is 0 Å². The highest BCUT2D eigenvalue weighted by Gasteiger charge is 2.30. The molecule has 1 saturated heterocycles. The van der Waals surface area contributed by atoms with E-state index in [1.807, 2.05) is 0 Å². The molecule has 1 fully saturated rings. The summed E-state index contributed by atoms with van der Waals surface area (Å²) in [6, 6.07) is 0. The Kier molecular flexibility index (Phi) is 3.97. The van der Waals surface area contributed by atoms with Crippen molar-refractivity contribution in [3.05, 3.63) is 32.6 Å². The van der Waals surface area contributed by atoms with E-state index in [2.05, 4.69) is 0 Å². The standard InChI is InChI=1S/C13H17N3O5/c1-14-7-9(10(17)15(2)13(14)21)11(18)16-5-3-4-8(6-16)12(19)20/h7-8H,3-6H2,1-2H3,(H,19,20). The highest BCUT2D eigenvalue weighted by atomic mass is 16.4. The summed E-state index contributed by atoms with van der Waals surface area (Å²) >= 11 is 0. The Morgan fingerprint density at radius 1 is 1.29 bits per heavy atom. The molecule has 0 saturated carbocycles. The molecule has 1 unspecified atom stereocenters. The summed E-state index contributed by atoms with van der Waals surface area (Å²) in [5, 5.41) is 9.04. The fourth-order valence-electron chi connectivity index (χ4n) is 2.49. The lowest BCUT2D eigenvalue weighted by Gasteiger charge is -2.30. The van der Waals surface area contributed by atoms with E-state index in [1.165, 1.54) is 25.2 Å². The van der Waals surface area contributed by atoms with Gasteiger partial charge in [0.15, 0.2) is 0 Å². The second kappa shape index (κ2) is 5.55. The van der Waals surface area contributed by atoms with Crippen molar-refractivity contribution >= 4 is 11.9 Å². The Hall–Kier alpha value is -2.38. The molecular formula is C13H17N3O5. The number of carbonyl (C=O) groups excluding carboxylic acids is 1. The van der Waals surface area contributed by atoms with Crippen LogP contribution in [0.2, 0.25) is 0 Å². The lowest BCUT2D eigenvalue weighted by molar-refractivity contribution is -0.143. The van der Waals surface area contributed by atoms with E-state index in [0.717, 1.165) is 9.13 Å². The van der Waals surface area contributed by atoms with Crippen LogP contribution < -0.4 is 11.2 Å². The number of carboxylic acids is 1. The van der Waals surface area contributed by atoms with Crippen LogP contribution in [-0.2, 0) is 18.9 Å². The van der Waals surface area contributed by atoms with E-state index >= 15 is 0 Å². The van der Waals surface area contributed by atoms with Crippen molar-refractivity contribution in [2.75, 3.05) is 13.1 Å². The van der Waals surface area contributed by atoms with Crippen molar-refractivity contribution in [3.8, 4) is 0 Å². The molecule has 2 heterocycles. The van der Waals surface area contributed by atoms with Crippen LogP contribution in [-0.4, -0.2) is 44.1 Å². The van der Waals surface area contributed by atoms with Crippen LogP contribution in [0, 0.1) is 5.92 Å². The Labute approximate surface area is 120 Å². The molecule has 1 atom stereocenters. The molecule has 0 aromatic carbocycles. The maximum atomic E-state index is 12.4. The zero-order valence-corrected chi connectivity index (χ0v) is 11.9. The quantitative estimate of drug-likeness (QED) is 0.755. The SMILES string of the molecule is Cn1cc(C(=O)N2CCCC(C(=O)O)C2)c(=O)n(C)c1=O. The molecule has 8 heteroatoms. The van der Waals surface area contributed by atoms with Crippen LogP contribution >= 0.6 is 0 Å². The minimum atomic E-state index is -0.944. The van der Waals surface area contributed by atoms with Gasteiger partial charge in [-0.05, 0) is 12.8 Å². The summed E-state index contributed by atoms with van der Waals surface area (Å²) in [6.07, 6.45) is 2.30. The Bertz CT molecular complexity index is 703. The van der Waals surface area contributed by atoms with Gasteiger partial charge >= 0.3 is 11.7 Å². The third-order valence-electron chi connectivity index (χ3n) is 3.73. The number of aryl methyl sites for hydroxylation is 1. The minimum absolute atomic E-state index is 0.0835. The first kappa shape index (κ1) is 15.0. The number of carboxylic acid groups (broad SMARTS) is 1. The number of hydrogen-bond donors (Lipinski definition) is 1. The molecule has 1 aliphatic rings. The van der Waals surface area contributed by atoms with Crippen LogP contribution in [0.4, 0.5) is 0 Å². The summed E-state index contributed by atoms with van der Waals surface area (Å²) in [5.74, 6) is -2.09. The van der Waals surface area contributed by atoms with Crippen molar-refractivity contribution < 1.29 is 14.7 Å². The number of hydrogen-bond acceptors (Lipinski definition) is 4. The van der Waals surface area contributed by atoms with E-state index in [-0.39, 0.29) is 12.1 Å². The molecule has 1 amide bonds. The number of piperidine rings is 1. The maximum Gasteiger partial charge on any atom is 0.330 e. The number of rotatable bonds is 2. The number of aromatic nitrogens is 2. The van der Waals surface area contributed by atoms with Crippen LogP contribution in [0.1, 0.15) is 23.2 Å². The van der Waals surface area contributed by atoms with Gasteiger partial charge in [0.25, 0.3) is 11.5 Å². The average molecular weight is 295 g/mol. The van der Waals surface area contributed by atoms with Crippen molar-refractivity contribution in [2.24, 2.45) is 20.0 Å². The lowest BCUT2D eigenvalue weighted by Crippen LogP contribution is -2.46. The summed E-state index contributed by atoms with van der Waals surface area (Å²) in [6.45, 7) is 0.495. The van der Waals surface area contributed by atoms with Gasteiger partial charge in [0.05, 0.1) is 5.92 Å². The van der Waals surface area contributed by atoms with Crippen molar-refractivity contribution in [3.63, 3.8) is 0 Å². The lowest BCUT2D eigenvalue weighted by atomic mass is 9.98. The van der Waals surface area contributed by atoms with Gasteiger partial charge in [-0.25, -0.2) is 4.79 Å². The number of carbonyl (C=O) groups is 2. The van der Waals surface area contributed by atoms with Gasteiger partial charge in [0, 0.05) is 33.4 Å². The molecule has 8 nitrogen and oxygen atoms in total. The Morgan fingerprint density at radius 3 is 2.57 bits per heavy atom. The normalized spacial score (nSPS) is 18.6. The molecule has 114 valence electrons. The van der Waals surface area contributed by atoms with Crippen LogP contribution in [0.5, 0.6) is 0 Å². The number of aliphatic carboxylic acids is 1. The van der Waals surface area contributed by atoms with Gasteiger partial charge in [-0.2, -0.15) is 0 Å². The molecule has 0 aliphatic carbocycles. The molecule has 1 N–H and O–H groups in total. The third-order valence-corrected chi connectivity index (χ3v) is 3.73. The zero-order valence-electron chi connectivity index (χ0n) is 11.9. The van der Waals surface area contributed by atoms with E-state index < -0.39 is 29.0 Å². The second-order valence-electron chi connectivity index (χ2n) is 5.23. The van der Waals surface area contributed by atoms with Gasteiger partial charge < -0.3 is 14.6 Å². The average Bonchev–Trinajstić information content (AvgIpc) is 2.48. The predicted octanol–water partition coefficient (Wildman–Crippen LogP) is -0.979. The Balaban J connectivity index is 2.35. The first-order valence-corrected chi connectivity index (χ1v) is 6.61. The van der Waals surface area contributed by atoms with E-state index in [9.17, 15) is 19.2 Å². The number of amides is 1. The number of likely N-dealkylation sites (tertiary alicyclic amines) is 1. The molecule has 21 heavy (non-hydrogen) atoms. The first-order valence-electron chi connectivity index (χ1n) is 6.61. The van der Waals surface area contributed by atoms with E-state index in [0.29, 0.717) is 19.4 Å². The van der Waals surface area contributed by atoms with Gasteiger partial charge in [0.2, 0.25) is 0 Å². The molecule has 1 aliphatic heterocycles. The van der Waals surface area contributed by atoms with Gasteiger partial charge in [0.1, 0.15) is 5.56 Å². The van der Waals surface area contributed by atoms with Gasteiger partial charge in [-0.3, -0.25) is 19.0 Å². The molecule has 0 bridgehead atoms. The fourth-order valence-corrected chi connectivity index (χ4v) is 2.49. The summed E-state index contributed by atoms with van der Waals surface area (Å²) < 4.78 is 2.03. The highest BCUT2D eigenvalue weighted by molar-refractivity contribution is 5.94. The zero-order chi connectivity index (χ0) is 15.7. The summed E-state index contributed by atoms with van der Waals surface area (Å²) in [7, 11) is 2.76. The van der Waals surface area contributed by atoms with Crippen molar-refractivity contribution in [2.45, 2.75) is 12.8 Å². The summed E-state index contributed by atoms with van der Waals surface area (Å²) in [5.41, 5.74) is -1.30. The first-order chi connectivity index (χ1) is 9.82. The van der Waals surface area contributed by atoms with Crippen LogP contribution in [0.3, 0.4) is 0 Å². The molecule has 2 rings (SSSR count). The molecule has 1 aromatic rings. The van der Waals surface area contributed by atoms with E-state index in [1.54, 1.807) is 0 Å². The molecule has 0 spiro atoms. The highest BCUT2D eigenvalue weighted by Crippen LogP contribution is 2.17. The fraction of sp³-hybridized carbons (Fsp3) is 0.538. The molecular weight excluding hydrogens is 278 g/mol. The summed E-state index contributed by atoms with van der Waals surface area (Å²) in [4.78, 5) is 48.4. The van der Waals surface area contributed by atoms with Gasteiger partial charge in [-0.1, -0.05) is 0 Å². The van der Waals surface area contributed by atoms with Crippen molar-refractivity contribution in [1.82, 2.24) is 14.0 Å². The molecule has 1 aromatic heterocycles. The largest absolute Gasteiger partial charge is 0.481 e. The van der Waals surface area contributed by atoms with Gasteiger partial charge in [-0.15, -0.1) is 0 Å². The maximum absolute atomic E-state index is 12.4. The monoisotopic (exact) mass is 295 g/mol. The minimum Gasteiger partial charge on any atom is -0.481 e. The topological polar surface area (TPSA) is 102 Å². The Morgan fingerprint density at radius 2 is 1.95 bits per heavy atom. The molecule has 0 radical (unpaired) electrons. The van der Waals surface area contributed by atoms with E-state index in [4.69, 9.17) is 5.11 Å². The second-order valence-corrected chi connectivity index (χ2v) is 5.23. The third kappa shape index (κ3) is 2.74. The number of nitrogens with zero attached hydrogens (tertiary/aromatic N) is 3. The van der Waals surface area contributed by atoms with Crippen LogP contribution in [0.15, 0.2) is 15.8 Å². The predicted molar refractivity (Wildman–Crippen MR) is 73.2 cm³/mol.